The van der Waals surface area contributed by atoms with Crippen LogP contribution in [0.4, 0.5) is 4.39 Å². The van der Waals surface area contributed by atoms with Crippen molar-refractivity contribution in [1.82, 2.24) is 9.97 Å². The van der Waals surface area contributed by atoms with E-state index in [0.29, 0.717) is 27.3 Å². The van der Waals surface area contributed by atoms with Crippen LogP contribution < -0.4 is 0 Å². The van der Waals surface area contributed by atoms with Gasteiger partial charge in [0.1, 0.15) is 11.0 Å². The average Bonchev–Trinajstić information content (AvgIpc) is 2.37. The molecule has 1 aromatic heterocycles. The molecule has 2 nitrogen and oxygen atoms in total. The van der Waals surface area contributed by atoms with Gasteiger partial charge in [-0.15, -0.1) is 0 Å². The first-order valence-corrected chi connectivity index (χ1v) is 6.69. The van der Waals surface area contributed by atoms with Crippen molar-refractivity contribution in [3.8, 4) is 11.4 Å². The number of nitrogens with zero attached hydrogens (tertiary/aromatic N) is 2. The Morgan fingerprint density at radius 2 is 1.80 bits per heavy atom. The Kier molecular flexibility index (Phi) is 3.32. The molecule has 0 N–H and O–H groups in total. The van der Waals surface area contributed by atoms with E-state index in [-0.39, 0.29) is 11.0 Å². The fourth-order valence-corrected chi connectivity index (χ4v) is 2.55. The Balaban J connectivity index is 2.26. The Hall–Kier alpha value is -1.71. The van der Waals surface area contributed by atoms with Crippen molar-refractivity contribution >= 4 is 34.1 Å². The number of halogens is 3. The second-order valence-electron chi connectivity index (χ2n) is 4.48. The monoisotopic (exact) mass is 306 g/mol. The van der Waals surface area contributed by atoms with Crippen LogP contribution >= 0.6 is 23.2 Å². The minimum Gasteiger partial charge on any atom is -0.228 e. The molecular weight excluding hydrogens is 298 g/mol. The normalized spacial score (nSPS) is 11.0. The molecule has 0 aliphatic carbocycles. The summed E-state index contributed by atoms with van der Waals surface area (Å²) in [6.07, 6.45) is 0. The van der Waals surface area contributed by atoms with Crippen LogP contribution in [-0.4, -0.2) is 9.97 Å². The first-order valence-electron chi connectivity index (χ1n) is 5.94. The molecule has 3 rings (SSSR count). The summed E-state index contributed by atoms with van der Waals surface area (Å²) in [5.74, 6) is 0.0197. The van der Waals surface area contributed by atoms with Gasteiger partial charge in [-0.2, -0.15) is 0 Å². The summed E-state index contributed by atoms with van der Waals surface area (Å²) in [5.41, 5.74) is 2.17. The lowest BCUT2D eigenvalue weighted by Gasteiger charge is -2.07. The summed E-state index contributed by atoms with van der Waals surface area (Å²) in [6.45, 7) is 1.94. The van der Waals surface area contributed by atoms with Crippen molar-refractivity contribution in [1.29, 1.82) is 0 Å². The lowest BCUT2D eigenvalue weighted by molar-refractivity contribution is 0.629. The van der Waals surface area contributed by atoms with Crippen LogP contribution in [-0.2, 0) is 0 Å². The van der Waals surface area contributed by atoms with Gasteiger partial charge < -0.3 is 0 Å². The molecule has 0 aliphatic rings. The molecule has 3 aromatic rings. The Bertz CT molecular complexity index is 818. The van der Waals surface area contributed by atoms with Gasteiger partial charge >= 0.3 is 0 Å². The number of hydrogen-bond acceptors (Lipinski definition) is 2. The highest BCUT2D eigenvalue weighted by Gasteiger charge is 2.11. The van der Waals surface area contributed by atoms with Gasteiger partial charge in [-0.1, -0.05) is 29.3 Å². The van der Waals surface area contributed by atoms with E-state index in [4.69, 9.17) is 23.2 Å². The fraction of sp³-hybridized carbons (Fsp3) is 0.0667. The maximum absolute atomic E-state index is 13.3. The fourth-order valence-electron chi connectivity index (χ4n) is 1.99. The first kappa shape index (κ1) is 13.3. The molecule has 5 heteroatoms. The Morgan fingerprint density at radius 3 is 2.55 bits per heavy atom. The molecule has 0 fully saturated rings. The molecule has 0 aliphatic heterocycles. The summed E-state index contributed by atoms with van der Waals surface area (Å²) in [6, 6.07) is 9.78. The third-order valence-corrected chi connectivity index (χ3v) is 3.58. The minimum absolute atomic E-state index is 0.279. The van der Waals surface area contributed by atoms with Crippen LogP contribution in [0.5, 0.6) is 0 Å². The summed E-state index contributed by atoms with van der Waals surface area (Å²) in [7, 11) is 0. The van der Waals surface area contributed by atoms with Gasteiger partial charge in [0.15, 0.2) is 5.82 Å². The summed E-state index contributed by atoms with van der Waals surface area (Å²) in [5, 5.41) is 1.43. The van der Waals surface area contributed by atoms with E-state index in [0.717, 1.165) is 5.56 Å². The first-order chi connectivity index (χ1) is 9.54. The molecule has 100 valence electrons. The van der Waals surface area contributed by atoms with Crippen molar-refractivity contribution in [2.24, 2.45) is 0 Å². The van der Waals surface area contributed by atoms with E-state index < -0.39 is 0 Å². The quantitative estimate of drug-likeness (QED) is 0.588. The number of hydrogen-bond donors (Lipinski definition) is 0. The number of aryl methyl sites for hydroxylation is 1. The van der Waals surface area contributed by atoms with E-state index in [9.17, 15) is 4.39 Å². The predicted octanol–water partition coefficient (Wildman–Crippen LogP) is 5.05. The molecule has 0 saturated heterocycles. The molecule has 0 unspecified atom stereocenters. The Morgan fingerprint density at radius 1 is 1.00 bits per heavy atom. The summed E-state index contributed by atoms with van der Waals surface area (Å²) < 4.78 is 13.3. The average molecular weight is 307 g/mol. The molecule has 1 heterocycles. The number of rotatable bonds is 1. The van der Waals surface area contributed by atoms with Gasteiger partial charge in [-0.05, 0) is 36.8 Å². The van der Waals surface area contributed by atoms with Crippen LogP contribution in [0.25, 0.3) is 22.3 Å². The van der Waals surface area contributed by atoms with Crippen molar-refractivity contribution in [3.63, 3.8) is 0 Å². The van der Waals surface area contributed by atoms with E-state index in [1.165, 1.54) is 12.1 Å². The SMILES string of the molecule is Cc1ccc(-c2nc(Cl)c3ccc(F)cc3n2)c(Cl)c1. The highest BCUT2D eigenvalue weighted by atomic mass is 35.5. The standard InChI is InChI=1S/C15H9Cl2FN2/c1-8-2-4-10(12(16)6-8)15-19-13-7-9(18)3-5-11(13)14(17)20-15/h2-7H,1H3. The van der Waals surface area contributed by atoms with Gasteiger partial charge in [0.05, 0.1) is 10.5 Å². The predicted molar refractivity (Wildman–Crippen MR) is 79.7 cm³/mol. The van der Waals surface area contributed by atoms with E-state index >= 15 is 0 Å². The van der Waals surface area contributed by atoms with Gasteiger partial charge in [-0.25, -0.2) is 14.4 Å². The maximum Gasteiger partial charge on any atom is 0.162 e. The molecule has 2 aromatic carbocycles. The van der Waals surface area contributed by atoms with Crippen LogP contribution in [0.3, 0.4) is 0 Å². The molecule has 0 saturated carbocycles. The minimum atomic E-state index is -0.367. The van der Waals surface area contributed by atoms with Crippen LogP contribution in [0.2, 0.25) is 10.2 Å². The van der Waals surface area contributed by atoms with E-state index in [1.54, 1.807) is 6.07 Å². The van der Waals surface area contributed by atoms with Gasteiger partial charge in [-0.3, -0.25) is 0 Å². The third-order valence-electron chi connectivity index (χ3n) is 2.98. The molecular formula is C15H9Cl2FN2. The third kappa shape index (κ3) is 2.35. The van der Waals surface area contributed by atoms with Crippen LogP contribution in [0, 0.1) is 12.7 Å². The largest absolute Gasteiger partial charge is 0.228 e. The zero-order valence-corrected chi connectivity index (χ0v) is 12.0. The van der Waals surface area contributed by atoms with Crippen molar-refractivity contribution in [2.75, 3.05) is 0 Å². The van der Waals surface area contributed by atoms with E-state index in [1.807, 2.05) is 25.1 Å². The Labute approximate surface area is 125 Å². The second kappa shape index (κ2) is 5.00. The molecule has 0 spiro atoms. The molecule has 0 atom stereocenters. The highest BCUT2D eigenvalue weighted by molar-refractivity contribution is 6.35. The number of fused-ring (bicyclic) bond motifs is 1. The lowest BCUT2D eigenvalue weighted by atomic mass is 10.1. The number of aromatic nitrogens is 2. The van der Waals surface area contributed by atoms with Gasteiger partial charge in [0, 0.05) is 17.0 Å². The van der Waals surface area contributed by atoms with E-state index in [2.05, 4.69) is 9.97 Å². The smallest absolute Gasteiger partial charge is 0.162 e. The zero-order valence-electron chi connectivity index (χ0n) is 10.5. The van der Waals surface area contributed by atoms with Crippen LogP contribution in [0.15, 0.2) is 36.4 Å². The topological polar surface area (TPSA) is 25.8 Å². The summed E-state index contributed by atoms with van der Waals surface area (Å²) in [4.78, 5) is 8.58. The molecule has 0 bridgehead atoms. The van der Waals surface area contributed by atoms with Gasteiger partial charge in [0.25, 0.3) is 0 Å². The molecule has 0 radical (unpaired) electrons. The van der Waals surface area contributed by atoms with Gasteiger partial charge in [0.2, 0.25) is 0 Å². The van der Waals surface area contributed by atoms with Crippen molar-refractivity contribution < 1.29 is 4.39 Å². The molecule has 20 heavy (non-hydrogen) atoms. The zero-order chi connectivity index (χ0) is 14.3. The van der Waals surface area contributed by atoms with Crippen molar-refractivity contribution in [2.45, 2.75) is 6.92 Å². The van der Waals surface area contributed by atoms with Crippen LogP contribution in [0.1, 0.15) is 5.56 Å². The maximum atomic E-state index is 13.3. The lowest BCUT2D eigenvalue weighted by Crippen LogP contribution is -1.93. The summed E-state index contributed by atoms with van der Waals surface area (Å²) >= 11 is 12.3. The molecule has 0 amide bonds. The number of benzene rings is 2. The van der Waals surface area contributed by atoms with Crippen molar-refractivity contribution in [3.05, 3.63) is 58.0 Å². The second-order valence-corrected chi connectivity index (χ2v) is 5.25. The highest BCUT2D eigenvalue weighted by Crippen LogP contribution is 2.30.